The minimum atomic E-state index is -0.801. The zero-order chi connectivity index (χ0) is 7.28. The smallest absolute Gasteiger partial charge is 0.367 e. The predicted molar refractivity (Wildman–Crippen MR) is 35.8 cm³/mol. The molecule has 0 aromatic heterocycles. The van der Waals surface area contributed by atoms with Crippen molar-refractivity contribution >= 4 is 35.9 Å². The van der Waals surface area contributed by atoms with E-state index in [4.69, 9.17) is 0 Å². The maximum Gasteiger partial charge on any atom is 0.367 e. The van der Waals surface area contributed by atoms with Crippen LogP contribution in [0.1, 0.15) is 0 Å². The van der Waals surface area contributed by atoms with Crippen LogP contribution in [0.15, 0.2) is 0 Å². The highest BCUT2D eigenvalue weighted by Crippen LogP contribution is 1.89. The third-order valence-corrected chi connectivity index (χ3v) is 0.623. The van der Waals surface area contributed by atoms with Gasteiger partial charge in [0, 0.05) is 0 Å². The highest BCUT2D eigenvalue weighted by atomic mass is 32.1. The Kier molecular flexibility index (Phi) is 4.33. The molecule has 0 bridgehead atoms. The number of hydrogen-bond acceptors (Lipinski definition) is 4. The second-order valence-corrected chi connectivity index (χ2v) is 1.67. The second-order valence-electron chi connectivity index (χ2n) is 0.938. The van der Waals surface area contributed by atoms with Gasteiger partial charge < -0.3 is 9.47 Å². The van der Waals surface area contributed by atoms with Crippen molar-refractivity contribution in [1.29, 1.82) is 0 Å². The fraction of sp³-hybridized carbons (Fsp3) is 0.333. The van der Waals surface area contributed by atoms with Gasteiger partial charge in [0.1, 0.15) is 0 Å². The summed E-state index contributed by atoms with van der Waals surface area (Å²) in [6, 6.07) is 0. The monoisotopic (exact) mass is 168 g/mol. The molecule has 0 spiro atoms. The van der Waals surface area contributed by atoms with Gasteiger partial charge in [0.05, 0.1) is 0 Å². The van der Waals surface area contributed by atoms with E-state index in [0.717, 1.165) is 0 Å². The second kappa shape index (κ2) is 4.51. The van der Waals surface area contributed by atoms with Gasteiger partial charge in [-0.25, -0.2) is 9.59 Å². The van der Waals surface area contributed by atoms with E-state index < -0.39 is 17.4 Å². The van der Waals surface area contributed by atoms with Crippen LogP contribution < -0.4 is 0 Å². The van der Waals surface area contributed by atoms with E-state index in [1.54, 1.807) is 0 Å². The van der Waals surface area contributed by atoms with Gasteiger partial charge in [-0.1, -0.05) is 25.3 Å². The molecule has 52 valence electrons. The van der Waals surface area contributed by atoms with Gasteiger partial charge in [0.15, 0.2) is 0 Å². The fourth-order valence-corrected chi connectivity index (χ4v) is 0.236. The van der Waals surface area contributed by atoms with Crippen molar-refractivity contribution in [3.63, 3.8) is 0 Å². The minimum Gasteiger partial charge on any atom is -0.420 e. The van der Waals surface area contributed by atoms with Gasteiger partial charge in [-0.15, -0.1) is 0 Å². The molecule has 0 atom stereocenters. The van der Waals surface area contributed by atoms with E-state index in [1.807, 2.05) is 0 Å². The molecule has 0 saturated heterocycles. The maximum atomic E-state index is 9.85. The summed E-state index contributed by atoms with van der Waals surface area (Å²) in [5.41, 5.74) is 0. The largest absolute Gasteiger partial charge is 0.420 e. The van der Waals surface area contributed by atoms with Crippen molar-refractivity contribution in [2.75, 3.05) is 6.79 Å². The molecule has 0 heterocycles. The summed E-state index contributed by atoms with van der Waals surface area (Å²) in [5.74, 6) is 0. The Labute approximate surface area is 62.3 Å². The zero-order valence-corrected chi connectivity index (χ0v) is 6.02. The van der Waals surface area contributed by atoms with E-state index >= 15 is 0 Å². The van der Waals surface area contributed by atoms with E-state index in [-0.39, 0.29) is 0 Å². The van der Waals surface area contributed by atoms with Crippen molar-refractivity contribution in [2.45, 2.75) is 0 Å². The molecule has 0 aliphatic rings. The van der Waals surface area contributed by atoms with Crippen molar-refractivity contribution < 1.29 is 19.1 Å². The summed E-state index contributed by atoms with van der Waals surface area (Å²) in [6.07, 6.45) is 0. The molecule has 0 fully saturated rings. The minimum absolute atomic E-state index is 0.440. The molecule has 9 heavy (non-hydrogen) atoms. The molecular weight excluding hydrogens is 164 g/mol. The SMILES string of the molecule is O=C(S)OCOC(=O)S. The predicted octanol–water partition coefficient (Wildman–Crippen LogP) is 1.08. The topological polar surface area (TPSA) is 52.6 Å². The Morgan fingerprint density at radius 1 is 1.11 bits per heavy atom. The first-order chi connectivity index (χ1) is 4.13. The highest BCUT2D eigenvalue weighted by molar-refractivity contribution is 7.96. The van der Waals surface area contributed by atoms with Crippen molar-refractivity contribution in [2.24, 2.45) is 0 Å². The molecule has 0 aliphatic carbocycles. The van der Waals surface area contributed by atoms with E-state index in [9.17, 15) is 9.59 Å². The summed E-state index contributed by atoms with van der Waals surface area (Å²) in [4.78, 5) is 19.7. The van der Waals surface area contributed by atoms with Crippen LogP contribution in [0.3, 0.4) is 0 Å². The van der Waals surface area contributed by atoms with Gasteiger partial charge >= 0.3 is 10.6 Å². The molecule has 0 rings (SSSR count). The number of hydrogen-bond donors (Lipinski definition) is 2. The molecule has 0 aromatic carbocycles. The summed E-state index contributed by atoms with van der Waals surface area (Å²) >= 11 is 6.45. The van der Waals surface area contributed by atoms with Crippen LogP contribution in [0.2, 0.25) is 0 Å². The van der Waals surface area contributed by atoms with Crippen LogP contribution in [-0.2, 0) is 9.47 Å². The third-order valence-electron chi connectivity index (χ3n) is 0.365. The molecule has 0 aromatic rings. The summed E-state index contributed by atoms with van der Waals surface area (Å²) in [7, 11) is 0. The number of ether oxygens (including phenoxy) is 2. The molecule has 4 nitrogen and oxygen atoms in total. The van der Waals surface area contributed by atoms with Crippen molar-refractivity contribution in [1.82, 2.24) is 0 Å². The lowest BCUT2D eigenvalue weighted by atomic mass is 11.3. The lowest BCUT2D eigenvalue weighted by Gasteiger charge is -1.97. The fourth-order valence-electron chi connectivity index (χ4n) is 0.130. The van der Waals surface area contributed by atoms with Gasteiger partial charge in [0.2, 0.25) is 6.79 Å². The molecule has 0 radical (unpaired) electrons. The van der Waals surface area contributed by atoms with Crippen LogP contribution in [0, 0.1) is 0 Å². The van der Waals surface area contributed by atoms with Crippen LogP contribution in [0.25, 0.3) is 0 Å². The first kappa shape index (κ1) is 8.64. The van der Waals surface area contributed by atoms with E-state index in [2.05, 4.69) is 34.7 Å². The molecule has 0 aliphatic heterocycles. The first-order valence-electron chi connectivity index (χ1n) is 1.84. The molecule has 0 unspecified atom stereocenters. The highest BCUT2D eigenvalue weighted by Gasteiger charge is 1.94. The van der Waals surface area contributed by atoms with Crippen LogP contribution in [0.5, 0.6) is 0 Å². The van der Waals surface area contributed by atoms with Crippen LogP contribution >= 0.6 is 25.3 Å². The Bertz CT molecular complexity index is 109. The number of thiol groups is 2. The van der Waals surface area contributed by atoms with Gasteiger partial charge in [-0.3, -0.25) is 0 Å². The number of rotatable bonds is 2. The van der Waals surface area contributed by atoms with Crippen LogP contribution in [0.4, 0.5) is 9.59 Å². The maximum absolute atomic E-state index is 9.85. The van der Waals surface area contributed by atoms with Crippen molar-refractivity contribution in [3.8, 4) is 0 Å². The van der Waals surface area contributed by atoms with Crippen LogP contribution in [-0.4, -0.2) is 17.4 Å². The van der Waals surface area contributed by atoms with Gasteiger partial charge in [-0.05, 0) is 0 Å². The first-order valence-corrected chi connectivity index (χ1v) is 2.74. The lowest BCUT2D eigenvalue weighted by Crippen LogP contribution is -2.02. The van der Waals surface area contributed by atoms with Crippen molar-refractivity contribution in [3.05, 3.63) is 0 Å². The average Bonchev–Trinajstić information content (AvgIpc) is 1.63. The summed E-state index contributed by atoms with van der Waals surface area (Å²) in [5, 5.41) is -1.60. The Morgan fingerprint density at radius 2 is 1.44 bits per heavy atom. The number of carbonyl (C=O) groups excluding carboxylic acids is 2. The van der Waals surface area contributed by atoms with Gasteiger partial charge in [0.25, 0.3) is 0 Å². The van der Waals surface area contributed by atoms with E-state index in [1.165, 1.54) is 0 Å². The average molecular weight is 168 g/mol. The Hall–Kier alpha value is -0.360. The lowest BCUT2D eigenvalue weighted by molar-refractivity contribution is 0.0495. The summed E-state index contributed by atoms with van der Waals surface area (Å²) < 4.78 is 8.17. The zero-order valence-electron chi connectivity index (χ0n) is 4.23. The summed E-state index contributed by atoms with van der Waals surface area (Å²) in [6.45, 7) is -0.440. The Morgan fingerprint density at radius 3 is 1.67 bits per heavy atom. The molecule has 0 N–H and O–H groups in total. The number of carbonyl (C=O) groups is 2. The standard InChI is InChI=1S/C3H4O4S2/c4-2(8)6-1-7-3(5)9/h1H2,(H,4,8)(H,5,9). The molecule has 0 saturated carbocycles. The molecule has 6 heteroatoms. The quantitative estimate of drug-likeness (QED) is 0.368. The normalized spacial score (nSPS) is 8.22. The van der Waals surface area contributed by atoms with E-state index in [0.29, 0.717) is 0 Å². The van der Waals surface area contributed by atoms with Gasteiger partial charge in [-0.2, -0.15) is 0 Å². The molecule has 0 amide bonds. The Balaban J connectivity index is 3.10. The molecular formula is C3H4O4S2. The third kappa shape index (κ3) is 7.64.